The number of Topliss-reactive ketones (excluding diaryl/α,β-unsaturated/α-hetero) is 1. The van der Waals surface area contributed by atoms with E-state index in [9.17, 15) is 18.0 Å². The Bertz CT molecular complexity index is 932. The number of allylic oxidation sites excluding steroid dienone is 1. The molecule has 2 fully saturated rings. The Hall–Kier alpha value is -2.76. The minimum Gasteiger partial charge on any atom is -0.456 e. The van der Waals surface area contributed by atoms with Crippen LogP contribution in [0, 0.1) is 11.8 Å². The number of para-hydroxylation sites is 2. The maximum Gasteiger partial charge on any atom is 0.450 e. The van der Waals surface area contributed by atoms with Crippen molar-refractivity contribution in [3.63, 3.8) is 0 Å². The number of ether oxygens (including phenoxy) is 1. The van der Waals surface area contributed by atoms with Crippen molar-refractivity contribution in [2.45, 2.75) is 31.5 Å². The summed E-state index contributed by atoms with van der Waals surface area (Å²) < 4.78 is 45.2. The van der Waals surface area contributed by atoms with Crippen LogP contribution < -0.4 is 10.1 Å². The third-order valence-corrected chi connectivity index (χ3v) is 6.03. The number of carbonyl (C=O) groups is 1. The van der Waals surface area contributed by atoms with Gasteiger partial charge in [-0.2, -0.15) is 13.2 Å². The molecule has 2 aliphatic heterocycles. The Morgan fingerprint density at radius 2 is 1.57 bits per heavy atom. The Morgan fingerprint density at radius 1 is 0.964 bits per heavy atom. The highest BCUT2D eigenvalue weighted by Crippen LogP contribution is 2.49. The van der Waals surface area contributed by atoms with Gasteiger partial charge in [0, 0.05) is 28.4 Å². The molecule has 144 valence electrons. The van der Waals surface area contributed by atoms with Gasteiger partial charge in [-0.05, 0) is 37.3 Å². The van der Waals surface area contributed by atoms with Gasteiger partial charge in [0.15, 0.2) is 0 Å². The number of nitrogens with one attached hydrogen (secondary N) is 1. The molecule has 3 atom stereocenters. The predicted octanol–water partition coefficient (Wildman–Crippen LogP) is 5.07. The zero-order valence-corrected chi connectivity index (χ0v) is 14.9. The fourth-order valence-corrected chi connectivity index (χ4v) is 4.89. The van der Waals surface area contributed by atoms with Crippen LogP contribution in [0.15, 0.2) is 54.2 Å². The van der Waals surface area contributed by atoms with Crippen LogP contribution in [0.3, 0.4) is 0 Å². The molecule has 5 rings (SSSR count). The first-order chi connectivity index (χ1) is 13.4. The second kappa shape index (κ2) is 6.12. The maximum absolute atomic E-state index is 13.0. The molecular formula is C22H18F3NO2. The van der Waals surface area contributed by atoms with E-state index in [0.29, 0.717) is 19.3 Å². The second-order valence-corrected chi connectivity index (χ2v) is 7.63. The average molecular weight is 385 g/mol. The molecule has 0 aromatic heterocycles. The summed E-state index contributed by atoms with van der Waals surface area (Å²) in [5.41, 5.74) is 3.71. The number of rotatable bonds is 1. The van der Waals surface area contributed by atoms with E-state index in [1.807, 2.05) is 48.5 Å². The van der Waals surface area contributed by atoms with Crippen LogP contribution in [0.1, 0.15) is 30.4 Å². The number of fused-ring (bicyclic) bond motifs is 4. The van der Waals surface area contributed by atoms with E-state index < -0.39 is 23.9 Å². The Morgan fingerprint density at radius 3 is 2.14 bits per heavy atom. The zero-order chi connectivity index (χ0) is 19.5. The molecule has 0 spiro atoms. The third kappa shape index (κ3) is 2.62. The van der Waals surface area contributed by atoms with Gasteiger partial charge in [-0.3, -0.25) is 4.79 Å². The lowest BCUT2D eigenvalue weighted by atomic mass is 9.80. The van der Waals surface area contributed by atoms with E-state index in [0.717, 1.165) is 33.9 Å². The van der Waals surface area contributed by atoms with Gasteiger partial charge in [0.2, 0.25) is 5.78 Å². The average Bonchev–Trinajstić information content (AvgIpc) is 2.93. The van der Waals surface area contributed by atoms with Crippen molar-refractivity contribution >= 4 is 11.4 Å². The van der Waals surface area contributed by atoms with Crippen molar-refractivity contribution in [2.24, 2.45) is 11.8 Å². The van der Waals surface area contributed by atoms with Crippen molar-refractivity contribution in [1.82, 2.24) is 5.32 Å². The van der Waals surface area contributed by atoms with E-state index in [4.69, 9.17) is 4.74 Å². The van der Waals surface area contributed by atoms with Crippen LogP contribution in [-0.2, 0) is 4.79 Å². The van der Waals surface area contributed by atoms with Gasteiger partial charge >= 0.3 is 6.18 Å². The fourth-order valence-electron chi connectivity index (χ4n) is 4.89. The lowest BCUT2D eigenvalue weighted by molar-refractivity contribution is -0.177. The molecule has 0 radical (unpaired) electrons. The molecule has 3 nitrogen and oxygen atoms in total. The van der Waals surface area contributed by atoms with Crippen molar-refractivity contribution in [2.75, 3.05) is 0 Å². The van der Waals surface area contributed by atoms with Crippen molar-refractivity contribution in [3.05, 3.63) is 65.4 Å². The molecule has 1 aliphatic carbocycles. The molecule has 0 amide bonds. The second-order valence-electron chi connectivity index (χ2n) is 7.63. The number of halogens is 3. The molecule has 3 aliphatic rings. The van der Waals surface area contributed by atoms with Crippen LogP contribution in [0.25, 0.3) is 5.57 Å². The largest absolute Gasteiger partial charge is 0.456 e. The van der Waals surface area contributed by atoms with Crippen LogP contribution >= 0.6 is 0 Å². The first-order valence-corrected chi connectivity index (χ1v) is 9.41. The molecule has 3 unspecified atom stereocenters. The summed E-state index contributed by atoms with van der Waals surface area (Å²) in [6.45, 7) is 0. The van der Waals surface area contributed by atoms with Gasteiger partial charge in [0.25, 0.3) is 0 Å². The monoisotopic (exact) mass is 385 g/mol. The minimum absolute atomic E-state index is 0.287. The van der Waals surface area contributed by atoms with E-state index in [-0.39, 0.29) is 5.92 Å². The van der Waals surface area contributed by atoms with Crippen LogP contribution in [-0.4, -0.2) is 18.0 Å². The Kier molecular flexibility index (Phi) is 3.79. The molecule has 1 N–H and O–H groups in total. The maximum atomic E-state index is 13.0. The highest BCUT2D eigenvalue weighted by atomic mass is 19.4. The molecule has 28 heavy (non-hydrogen) atoms. The fraction of sp³-hybridized carbons (Fsp3) is 0.318. The van der Waals surface area contributed by atoms with Crippen molar-refractivity contribution in [1.29, 1.82) is 0 Å². The molecular weight excluding hydrogens is 367 g/mol. The molecule has 1 saturated heterocycles. The van der Waals surface area contributed by atoms with Crippen LogP contribution in [0.5, 0.6) is 11.5 Å². The number of hydrogen-bond donors (Lipinski definition) is 1. The quantitative estimate of drug-likeness (QED) is 0.636. The SMILES string of the molecule is O=C(C1C2CCC1NC(=C1c3ccccc3Oc3ccccc31)C2)C(F)(F)F. The molecule has 2 aromatic rings. The first-order valence-electron chi connectivity index (χ1n) is 9.41. The van der Waals surface area contributed by atoms with Crippen molar-refractivity contribution in [3.8, 4) is 11.5 Å². The summed E-state index contributed by atoms with van der Waals surface area (Å²) >= 11 is 0. The van der Waals surface area contributed by atoms with Gasteiger partial charge in [-0.25, -0.2) is 0 Å². The summed E-state index contributed by atoms with van der Waals surface area (Å²) in [6.07, 6.45) is -3.15. The van der Waals surface area contributed by atoms with Gasteiger partial charge in [0.1, 0.15) is 11.5 Å². The zero-order valence-electron chi connectivity index (χ0n) is 14.9. The molecule has 2 heterocycles. The summed E-state index contributed by atoms with van der Waals surface area (Å²) in [5, 5.41) is 3.30. The molecule has 2 bridgehead atoms. The number of ketones is 1. The van der Waals surface area contributed by atoms with Gasteiger partial charge in [-0.15, -0.1) is 0 Å². The predicted molar refractivity (Wildman–Crippen MR) is 97.8 cm³/mol. The normalized spacial score (nSPS) is 25.5. The van der Waals surface area contributed by atoms with Gasteiger partial charge < -0.3 is 10.1 Å². The van der Waals surface area contributed by atoms with E-state index in [1.165, 1.54) is 0 Å². The van der Waals surface area contributed by atoms with E-state index in [2.05, 4.69) is 5.32 Å². The standard InChI is InChI=1S/C22H18F3NO2/c23-22(24,25)21(27)19-12-9-10-15(19)26-16(11-12)20-13-5-1-3-7-17(13)28-18-8-4-2-6-14(18)20/h1-8,12,15,19,26H,9-11H2. The first kappa shape index (κ1) is 17.3. The van der Waals surface area contributed by atoms with Crippen LogP contribution in [0.2, 0.25) is 0 Å². The van der Waals surface area contributed by atoms with Crippen LogP contribution in [0.4, 0.5) is 13.2 Å². The van der Waals surface area contributed by atoms with Crippen molar-refractivity contribution < 1.29 is 22.7 Å². The molecule has 2 aromatic carbocycles. The summed E-state index contributed by atoms with van der Waals surface area (Å²) in [4.78, 5) is 12.0. The number of hydrogen-bond acceptors (Lipinski definition) is 3. The van der Waals surface area contributed by atoms with Gasteiger partial charge in [-0.1, -0.05) is 36.4 Å². The smallest absolute Gasteiger partial charge is 0.450 e. The third-order valence-electron chi connectivity index (χ3n) is 6.03. The summed E-state index contributed by atoms with van der Waals surface area (Å²) in [5.74, 6) is -1.42. The minimum atomic E-state index is -4.78. The topological polar surface area (TPSA) is 38.3 Å². The Balaban J connectivity index is 1.60. The highest BCUT2D eigenvalue weighted by Gasteiger charge is 2.53. The lowest BCUT2D eigenvalue weighted by Gasteiger charge is -2.35. The number of carbonyl (C=O) groups excluding carboxylic acids is 1. The Labute approximate surface area is 160 Å². The number of benzene rings is 2. The van der Waals surface area contributed by atoms with Gasteiger partial charge in [0.05, 0.1) is 5.92 Å². The number of piperidine rings is 1. The van der Waals surface area contributed by atoms with E-state index in [1.54, 1.807) is 0 Å². The highest BCUT2D eigenvalue weighted by molar-refractivity contribution is 5.91. The summed E-state index contributed by atoms with van der Waals surface area (Å²) in [7, 11) is 0. The molecule has 1 saturated carbocycles. The number of alkyl halides is 3. The van der Waals surface area contributed by atoms with E-state index >= 15 is 0 Å². The molecule has 6 heteroatoms. The summed E-state index contributed by atoms with van der Waals surface area (Å²) in [6, 6.07) is 14.9. The lowest BCUT2D eigenvalue weighted by Crippen LogP contribution is -2.47.